The highest BCUT2D eigenvalue weighted by Crippen LogP contribution is 2.31. The Bertz CT molecular complexity index is 595. The maximum absolute atomic E-state index is 6.30. The topological polar surface area (TPSA) is 29.3 Å². The van der Waals surface area contributed by atoms with Crippen LogP contribution >= 0.6 is 11.6 Å². The minimum absolute atomic E-state index is 0.191. The molecule has 2 aromatic rings. The molecule has 0 heterocycles. The summed E-state index contributed by atoms with van der Waals surface area (Å²) >= 11 is 6.30. The third-order valence-corrected chi connectivity index (χ3v) is 4.12. The zero-order valence-electron chi connectivity index (χ0n) is 12.2. The van der Waals surface area contributed by atoms with Gasteiger partial charge < -0.3 is 10.6 Å². The zero-order chi connectivity index (χ0) is 14.7. The van der Waals surface area contributed by atoms with Gasteiger partial charge in [0, 0.05) is 24.3 Å². The van der Waals surface area contributed by atoms with E-state index in [1.807, 2.05) is 18.2 Å². The molecule has 0 spiro atoms. The summed E-state index contributed by atoms with van der Waals surface area (Å²) in [6.45, 7) is 4.78. The van der Waals surface area contributed by atoms with Gasteiger partial charge in [-0.2, -0.15) is 0 Å². The Balaban J connectivity index is 2.36. The lowest BCUT2D eigenvalue weighted by atomic mass is 10.0. The fraction of sp³-hybridized carbons (Fsp3) is 0.294. The highest BCUT2D eigenvalue weighted by atomic mass is 35.5. The van der Waals surface area contributed by atoms with Crippen LogP contribution in [-0.2, 0) is 6.54 Å². The van der Waals surface area contributed by atoms with Gasteiger partial charge in [-0.25, -0.2) is 0 Å². The summed E-state index contributed by atoms with van der Waals surface area (Å²) in [5.41, 5.74) is 10.5. The number of hydrogen-bond donors (Lipinski definition) is 1. The molecule has 0 radical (unpaired) electrons. The van der Waals surface area contributed by atoms with Gasteiger partial charge in [-0.15, -0.1) is 0 Å². The molecule has 1 atom stereocenters. The number of rotatable bonds is 4. The smallest absolute Gasteiger partial charge is 0.0525 e. The van der Waals surface area contributed by atoms with Crippen LogP contribution < -0.4 is 10.6 Å². The molecule has 0 saturated carbocycles. The number of anilines is 1. The summed E-state index contributed by atoms with van der Waals surface area (Å²) in [5.74, 6) is 0. The first-order chi connectivity index (χ1) is 9.54. The molecule has 2 rings (SSSR count). The third kappa shape index (κ3) is 2.97. The van der Waals surface area contributed by atoms with Crippen molar-refractivity contribution in [2.45, 2.75) is 26.4 Å². The molecule has 2 N–H and O–H groups in total. The molecule has 2 nitrogen and oxygen atoms in total. The van der Waals surface area contributed by atoms with E-state index in [2.05, 4.69) is 50.1 Å². The predicted molar refractivity (Wildman–Crippen MR) is 87.3 cm³/mol. The Kier molecular flexibility index (Phi) is 4.69. The molecule has 0 saturated heterocycles. The molecular formula is C17H21ClN2. The summed E-state index contributed by atoms with van der Waals surface area (Å²) < 4.78 is 0. The molecule has 0 amide bonds. The Morgan fingerprint density at radius 1 is 1.20 bits per heavy atom. The molecule has 0 aromatic heterocycles. The lowest BCUT2D eigenvalue weighted by Gasteiger charge is -2.30. The Labute approximate surface area is 126 Å². The van der Waals surface area contributed by atoms with Gasteiger partial charge in [-0.3, -0.25) is 0 Å². The van der Waals surface area contributed by atoms with Crippen molar-refractivity contribution in [3.63, 3.8) is 0 Å². The van der Waals surface area contributed by atoms with Crippen molar-refractivity contribution >= 4 is 17.3 Å². The van der Waals surface area contributed by atoms with Gasteiger partial charge in [0.2, 0.25) is 0 Å². The van der Waals surface area contributed by atoms with E-state index in [1.54, 1.807) is 0 Å². The van der Waals surface area contributed by atoms with Gasteiger partial charge >= 0.3 is 0 Å². The second kappa shape index (κ2) is 6.29. The van der Waals surface area contributed by atoms with Crippen LogP contribution in [0.5, 0.6) is 0 Å². The van der Waals surface area contributed by atoms with Crippen LogP contribution in [0.4, 0.5) is 5.69 Å². The summed E-state index contributed by atoms with van der Waals surface area (Å²) in [7, 11) is 2.08. The van der Waals surface area contributed by atoms with Crippen molar-refractivity contribution in [2.75, 3.05) is 11.9 Å². The Morgan fingerprint density at radius 2 is 1.90 bits per heavy atom. The minimum atomic E-state index is 0.191. The van der Waals surface area contributed by atoms with Crippen molar-refractivity contribution in [1.82, 2.24) is 0 Å². The number of nitrogens with two attached hydrogens (primary N) is 1. The van der Waals surface area contributed by atoms with E-state index in [1.165, 1.54) is 5.56 Å². The number of nitrogens with zero attached hydrogens (tertiary/aromatic N) is 1. The minimum Gasteiger partial charge on any atom is -0.368 e. The highest BCUT2D eigenvalue weighted by Gasteiger charge is 2.16. The van der Waals surface area contributed by atoms with E-state index in [4.69, 9.17) is 17.3 Å². The Morgan fingerprint density at radius 3 is 2.55 bits per heavy atom. The fourth-order valence-corrected chi connectivity index (χ4v) is 2.75. The second-order valence-corrected chi connectivity index (χ2v) is 5.55. The largest absolute Gasteiger partial charge is 0.368 e. The van der Waals surface area contributed by atoms with E-state index in [0.29, 0.717) is 6.54 Å². The molecule has 0 aliphatic rings. The molecule has 0 aliphatic heterocycles. The average molecular weight is 289 g/mol. The van der Waals surface area contributed by atoms with Gasteiger partial charge in [-0.1, -0.05) is 47.5 Å². The molecule has 1 unspecified atom stereocenters. The van der Waals surface area contributed by atoms with E-state index < -0.39 is 0 Å². The van der Waals surface area contributed by atoms with Crippen molar-refractivity contribution in [2.24, 2.45) is 5.73 Å². The van der Waals surface area contributed by atoms with E-state index in [0.717, 1.165) is 21.8 Å². The number of aryl methyl sites for hydroxylation is 1. The summed E-state index contributed by atoms with van der Waals surface area (Å²) in [6.07, 6.45) is 0. The van der Waals surface area contributed by atoms with Gasteiger partial charge in [0.1, 0.15) is 0 Å². The van der Waals surface area contributed by atoms with Crippen LogP contribution in [0.3, 0.4) is 0 Å². The number of hydrogen-bond acceptors (Lipinski definition) is 2. The number of halogens is 1. The maximum atomic E-state index is 6.30. The van der Waals surface area contributed by atoms with E-state index in [9.17, 15) is 0 Å². The molecule has 0 bridgehead atoms. The van der Waals surface area contributed by atoms with Crippen molar-refractivity contribution in [3.05, 3.63) is 64.2 Å². The van der Waals surface area contributed by atoms with Crippen LogP contribution in [0.25, 0.3) is 0 Å². The van der Waals surface area contributed by atoms with Crippen LogP contribution in [0.2, 0.25) is 5.02 Å². The quantitative estimate of drug-likeness (QED) is 0.908. The first kappa shape index (κ1) is 14.9. The number of benzene rings is 2. The Hall–Kier alpha value is -1.51. The normalized spacial score (nSPS) is 12.2. The van der Waals surface area contributed by atoms with E-state index >= 15 is 0 Å². The molecular weight excluding hydrogens is 268 g/mol. The van der Waals surface area contributed by atoms with Gasteiger partial charge in [0.15, 0.2) is 0 Å². The van der Waals surface area contributed by atoms with Crippen LogP contribution in [0.15, 0.2) is 42.5 Å². The van der Waals surface area contributed by atoms with Crippen LogP contribution in [0, 0.1) is 6.92 Å². The van der Waals surface area contributed by atoms with Crippen molar-refractivity contribution in [3.8, 4) is 0 Å². The predicted octanol–water partition coefficient (Wildman–Crippen LogP) is 4.30. The van der Waals surface area contributed by atoms with Crippen molar-refractivity contribution < 1.29 is 0 Å². The highest BCUT2D eigenvalue weighted by molar-refractivity contribution is 6.31. The molecule has 0 fully saturated rings. The summed E-state index contributed by atoms with van der Waals surface area (Å²) in [6, 6.07) is 14.6. The fourth-order valence-electron chi connectivity index (χ4n) is 2.45. The molecule has 2 aromatic carbocycles. The van der Waals surface area contributed by atoms with Crippen LogP contribution in [0.1, 0.15) is 29.7 Å². The monoisotopic (exact) mass is 288 g/mol. The molecule has 106 valence electrons. The lowest BCUT2D eigenvalue weighted by Crippen LogP contribution is -2.23. The summed E-state index contributed by atoms with van der Waals surface area (Å²) in [5, 5.41) is 0.799. The third-order valence-electron chi connectivity index (χ3n) is 3.77. The SMILES string of the molecule is Cc1ccc(N(C)C(C)c2ccccc2Cl)c(CN)c1. The lowest BCUT2D eigenvalue weighted by molar-refractivity contribution is 0.735. The zero-order valence-corrected chi connectivity index (χ0v) is 13.0. The van der Waals surface area contributed by atoms with E-state index in [-0.39, 0.29) is 6.04 Å². The molecule has 3 heteroatoms. The molecule has 0 aliphatic carbocycles. The first-order valence-corrected chi connectivity index (χ1v) is 7.19. The average Bonchev–Trinajstić information content (AvgIpc) is 2.46. The maximum Gasteiger partial charge on any atom is 0.0525 e. The van der Waals surface area contributed by atoms with Gasteiger partial charge in [0.25, 0.3) is 0 Å². The second-order valence-electron chi connectivity index (χ2n) is 5.14. The first-order valence-electron chi connectivity index (χ1n) is 6.81. The molecule has 20 heavy (non-hydrogen) atoms. The summed E-state index contributed by atoms with van der Waals surface area (Å²) in [4.78, 5) is 2.23. The van der Waals surface area contributed by atoms with Crippen molar-refractivity contribution in [1.29, 1.82) is 0 Å². The standard InChI is InChI=1S/C17H21ClN2/c1-12-8-9-17(14(10-12)11-19)20(3)13(2)15-6-4-5-7-16(15)18/h4-10,13H,11,19H2,1-3H3. The van der Waals surface area contributed by atoms with Gasteiger partial charge in [0.05, 0.1) is 6.04 Å². The van der Waals surface area contributed by atoms with Gasteiger partial charge in [-0.05, 0) is 37.1 Å². The van der Waals surface area contributed by atoms with Crippen LogP contribution in [-0.4, -0.2) is 7.05 Å².